The Morgan fingerprint density at radius 3 is 2.88 bits per heavy atom. The number of nitrogens with one attached hydrogen (secondary N) is 1. The van der Waals surface area contributed by atoms with Crippen LogP contribution in [0.25, 0.3) is 10.2 Å². The van der Waals surface area contributed by atoms with Gasteiger partial charge >= 0.3 is 5.69 Å². The molecule has 24 heavy (non-hydrogen) atoms. The number of hydrogen-bond donors (Lipinski definition) is 1. The SMILES string of the molecule is COc1ccc([N+](=O)[O-])c(NCc2ccc3nc(SC)sc3c2)n1. The van der Waals surface area contributed by atoms with Crippen LogP contribution in [0.2, 0.25) is 0 Å². The number of fused-ring (bicyclic) bond motifs is 1. The number of pyridine rings is 1. The summed E-state index contributed by atoms with van der Waals surface area (Å²) < 4.78 is 7.14. The van der Waals surface area contributed by atoms with Crippen molar-refractivity contribution in [1.82, 2.24) is 9.97 Å². The zero-order chi connectivity index (χ0) is 17.1. The molecule has 0 aliphatic carbocycles. The van der Waals surface area contributed by atoms with E-state index in [2.05, 4.69) is 15.3 Å². The van der Waals surface area contributed by atoms with Gasteiger partial charge in [0.2, 0.25) is 11.7 Å². The van der Waals surface area contributed by atoms with Gasteiger partial charge in [0.05, 0.1) is 22.2 Å². The molecule has 124 valence electrons. The first-order valence-electron chi connectivity index (χ1n) is 6.97. The summed E-state index contributed by atoms with van der Waals surface area (Å²) in [6, 6.07) is 8.79. The van der Waals surface area contributed by atoms with Gasteiger partial charge in [-0.2, -0.15) is 4.98 Å². The Hall–Kier alpha value is -2.39. The van der Waals surface area contributed by atoms with E-state index in [1.807, 2.05) is 24.5 Å². The van der Waals surface area contributed by atoms with Gasteiger partial charge in [-0.3, -0.25) is 10.1 Å². The average Bonchev–Trinajstić information content (AvgIpc) is 3.01. The molecule has 3 aromatic rings. The van der Waals surface area contributed by atoms with E-state index < -0.39 is 4.92 Å². The second kappa shape index (κ2) is 7.02. The van der Waals surface area contributed by atoms with Gasteiger partial charge in [-0.15, -0.1) is 11.3 Å². The smallest absolute Gasteiger partial charge is 0.311 e. The maximum Gasteiger partial charge on any atom is 0.311 e. The summed E-state index contributed by atoms with van der Waals surface area (Å²) in [5.74, 6) is 0.513. The van der Waals surface area contributed by atoms with E-state index in [1.54, 1.807) is 23.1 Å². The van der Waals surface area contributed by atoms with Gasteiger partial charge in [-0.1, -0.05) is 17.8 Å². The first-order chi connectivity index (χ1) is 11.6. The Labute approximate surface area is 146 Å². The second-order valence-electron chi connectivity index (χ2n) is 4.82. The van der Waals surface area contributed by atoms with Crippen molar-refractivity contribution in [3.63, 3.8) is 0 Å². The maximum absolute atomic E-state index is 11.1. The molecule has 1 aromatic carbocycles. The zero-order valence-corrected chi connectivity index (χ0v) is 14.6. The molecule has 0 saturated heterocycles. The van der Waals surface area contributed by atoms with Crippen molar-refractivity contribution in [3.8, 4) is 5.88 Å². The molecule has 0 spiro atoms. The van der Waals surface area contributed by atoms with Crippen LogP contribution in [0.15, 0.2) is 34.7 Å². The molecule has 1 N–H and O–H groups in total. The predicted octanol–water partition coefficient (Wildman–Crippen LogP) is 3.94. The van der Waals surface area contributed by atoms with E-state index in [0.29, 0.717) is 12.4 Å². The Bertz CT molecular complexity index is 898. The van der Waals surface area contributed by atoms with Crippen molar-refractivity contribution in [2.75, 3.05) is 18.7 Å². The van der Waals surface area contributed by atoms with Crippen molar-refractivity contribution < 1.29 is 9.66 Å². The van der Waals surface area contributed by atoms with E-state index >= 15 is 0 Å². The van der Waals surface area contributed by atoms with E-state index in [4.69, 9.17) is 4.74 Å². The molecule has 9 heteroatoms. The minimum absolute atomic E-state index is 0.0839. The highest BCUT2D eigenvalue weighted by Gasteiger charge is 2.16. The molecule has 0 radical (unpaired) electrons. The Morgan fingerprint density at radius 2 is 2.17 bits per heavy atom. The molecule has 0 fully saturated rings. The fraction of sp³-hybridized carbons (Fsp3) is 0.200. The highest BCUT2D eigenvalue weighted by molar-refractivity contribution is 8.00. The maximum atomic E-state index is 11.1. The van der Waals surface area contributed by atoms with Crippen LogP contribution in [0.1, 0.15) is 5.56 Å². The molecule has 0 unspecified atom stereocenters. The summed E-state index contributed by atoms with van der Waals surface area (Å²) in [4.78, 5) is 19.3. The molecule has 0 aliphatic rings. The quantitative estimate of drug-likeness (QED) is 0.403. The summed E-state index contributed by atoms with van der Waals surface area (Å²) >= 11 is 3.24. The van der Waals surface area contributed by atoms with Gasteiger partial charge in [0.15, 0.2) is 4.34 Å². The lowest BCUT2D eigenvalue weighted by Crippen LogP contribution is -2.05. The molecule has 0 saturated carbocycles. The number of hydrogen-bond acceptors (Lipinski definition) is 8. The lowest BCUT2D eigenvalue weighted by atomic mass is 10.2. The number of aromatic nitrogens is 2. The summed E-state index contributed by atoms with van der Waals surface area (Å²) in [6.45, 7) is 0.420. The van der Waals surface area contributed by atoms with Crippen LogP contribution in [0.3, 0.4) is 0 Å². The van der Waals surface area contributed by atoms with E-state index in [-0.39, 0.29) is 11.5 Å². The molecule has 0 amide bonds. The third kappa shape index (κ3) is 3.41. The zero-order valence-electron chi connectivity index (χ0n) is 13.0. The lowest BCUT2D eigenvalue weighted by Gasteiger charge is -2.08. The second-order valence-corrected chi connectivity index (χ2v) is 6.90. The molecular formula is C15H14N4O3S2. The number of nitrogens with zero attached hydrogens (tertiary/aromatic N) is 3. The topological polar surface area (TPSA) is 90.2 Å². The lowest BCUT2D eigenvalue weighted by molar-refractivity contribution is -0.384. The normalized spacial score (nSPS) is 10.8. The molecule has 0 bridgehead atoms. The first kappa shape index (κ1) is 16.5. The van der Waals surface area contributed by atoms with E-state index in [9.17, 15) is 10.1 Å². The van der Waals surface area contributed by atoms with Crippen molar-refractivity contribution in [2.24, 2.45) is 0 Å². The van der Waals surface area contributed by atoms with Crippen molar-refractivity contribution >= 4 is 44.8 Å². The number of anilines is 1. The number of ether oxygens (including phenoxy) is 1. The van der Waals surface area contributed by atoms with Gasteiger partial charge in [-0.25, -0.2) is 4.98 Å². The standard InChI is InChI=1S/C15H14N4O3S2/c1-22-13-6-5-11(19(20)21)14(18-13)16-8-9-3-4-10-12(7-9)24-15(17-10)23-2/h3-7H,8H2,1-2H3,(H,16,18). The van der Waals surface area contributed by atoms with Crippen molar-refractivity contribution in [2.45, 2.75) is 10.9 Å². The molecule has 0 atom stereocenters. The van der Waals surface area contributed by atoms with Gasteiger partial charge in [0.1, 0.15) is 0 Å². The predicted molar refractivity (Wildman–Crippen MR) is 96.2 cm³/mol. The molecule has 7 nitrogen and oxygen atoms in total. The number of methoxy groups -OCH3 is 1. The van der Waals surface area contributed by atoms with Gasteiger partial charge < -0.3 is 10.1 Å². The average molecular weight is 362 g/mol. The monoisotopic (exact) mass is 362 g/mol. The van der Waals surface area contributed by atoms with Crippen molar-refractivity contribution in [3.05, 3.63) is 46.0 Å². The number of thioether (sulfide) groups is 1. The third-order valence-corrected chi connectivity index (χ3v) is 5.33. The highest BCUT2D eigenvalue weighted by atomic mass is 32.2. The highest BCUT2D eigenvalue weighted by Crippen LogP contribution is 2.29. The van der Waals surface area contributed by atoms with Gasteiger partial charge in [-0.05, 0) is 24.0 Å². The van der Waals surface area contributed by atoms with Crippen molar-refractivity contribution in [1.29, 1.82) is 0 Å². The third-order valence-electron chi connectivity index (χ3n) is 3.32. The largest absolute Gasteiger partial charge is 0.481 e. The van der Waals surface area contributed by atoms with Crippen LogP contribution < -0.4 is 10.1 Å². The van der Waals surface area contributed by atoms with Gasteiger partial charge in [0.25, 0.3) is 0 Å². The Kier molecular flexibility index (Phi) is 4.81. The van der Waals surface area contributed by atoms with Gasteiger partial charge in [0, 0.05) is 18.7 Å². The van der Waals surface area contributed by atoms with E-state index in [0.717, 1.165) is 20.1 Å². The minimum atomic E-state index is -0.466. The van der Waals surface area contributed by atoms with Crippen LogP contribution in [0.4, 0.5) is 11.5 Å². The summed E-state index contributed by atoms with van der Waals surface area (Å²) in [6.07, 6.45) is 1.99. The molecule has 2 heterocycles. The first-order valence-corrected chi connectivity index (χ1v) is 9.01. The number of rotatable bonds is 6. The molecular weight excluding hydrogens is 348 g/mol. The Balaban J connectivity index is 1.83. The summed E-state index contributed by atoms with van der Waals surface area (Å²) in [5.41, 5.74) is 1.87. The van der Waals surface area contributed by atoms with Crippen LogP contribution >= 0.6 is 23.1 Å². The fourth-order valence-electron chi connectivity index (χ4n) is 2.16. The number of thiazole rings is 1. The summed E-state index contributed by atoms with van der Waals surface area (Å²) in [7, 11) is 1.47. The van der Waals surface area contributed by atoms with Crippen LogP contribution in [-0.4, -0.2) is 28.3 Å². The van der Waals surface area contributed by atoms with Crippen LogP contribution in [-0.2, 0) is 6.54 Å². The van der Waals surface area contributed by atoms with Crippen LogP contribution in [0, 0.1) is 10.1 Å². The van der Waals surface area contributed by atoms with E-state index in [1.165, 1.54) is 19.2 Å². The number of benzene rings is 1. The van der Waals surface area contributed by atoms with Crippen LogP contribution in [0.5, 0.6) is 5.88 Å². The summed E-state index contributed by atoms with van der Waals surface area (Å²) in [5, 5.41) is 14.1. The molecule has 0 aliphatic heterocycles. The number of nitro groups is 1. The molecule has 3 rings (SSSR count). The molecule has 2 aromatic heterocycles. The Morgan fingerprint density at radius 1 is 1.33 bits per heavy atom. The fourth-order valence-corrected chi connectivity index (χ4v) is 3.71. The minimum Gasteiger partial charge on any atom is -0.481 e.